The number of ether oxygens (including phenoxy) is 3. The van der Waals surface area contributed by atoms with Gasteiger partial charge in [-0.05, 0) is 204 Å². The summed E-state index contributed by atoms with van der Waals surface area (Å²) in [6, 6.07) is 20.0. The van der Waals surface area contributed by atoms with Gasteiger partial charge in [0.15, 0.2) is 5.78 Å². The Morgan fingerprint density at radius 3 is 1.86 bits per heavy atom. The molecule has 8 fully saturated rings. The lowest BCUT2D eigenvalue weighted by Gasteiger charge is -2.49. The largest absolute Gasteiger partial charge is 0.445 e. The number of ketones is 1. The molecule has 4 aliphatic heterocycles. The lowest BCUT2D eigenvalue weighted by Crippen LogP contribution is -2.54. The van der Waals surface area contributed by atoms with Gasteiger partial charge in [-0.1, -0.05) is 150 Å². The van der Waals surface area contributed by atoms with E-state index in [1.54, 1.807) is 27.9 Å². The molecule has 4 heterocycles. The molecule has 4 saturated carbocycles. The summed E-state index contributed by atoms with van der Waals surface area (Å²) < 4.78 is 20.1. The monoisotopic (exact) mass is 1090 g/mol. The van der Waals surface area contributed by atoms with Gasteiger partial charge in [-0.15, -0.1) is 0 Å². The number of fused-ring (bicyclic) bond motifs is 12. The van der Waals surface area contributed by atoms with Crippen molar-refractivity contribution in [2.24, 2.45) is 75.9 Å². The van der Waals surface area contributed by atoms with E-state index in [-0.39, 0.29) is 47.2 Å². The Kier molecular flexibility index (Phi) is 15.6. The molecular weight excluding hydrogens is 989 g/mol. The summed E-state index contributed by atoms with van der Waals surface area (Å²) in [7, 11) is 0. The van der Waals surface area contributed by atoms with E-state index in [1.165, 1.54) is 82.6 Å². The van der Waals surface area contributed by atoms with E-state index in [2.05, 4.69) is 79.8 Å². The second-order valence-electron chi connectivity index (χ2n) is 29.2. The molecule has 8 heteroatoms. The minimum absolute atomic E-state index is 0.0222. The van der Waals surface area contributed by atoms with Crippen LogP contribution < -0.4 is 5.32 Å². The van der Waals surface area contributed by atoms with Crippen LogP contribution in [0.3, 0.4) is 0 Å². The number of rotatable bonds is 4. The van der Waals surface area contributed by atoms with Crippen LogP contribution in [0.15, 0.2) is 106 Å². The minimum atomic E-state index is -0.241. The number of hydrogen-bond acceptors (Lipinski definition) is 7. The molecule has 80 heavy (non-hydrogen) atoms. The van der Waals surface area contributed by atoms with Crippen LogP contribution in [0.2, 0.25) is 0 Å². The Balaban J connectivity index is 0.000000139. The summed E-state index contributed by atoms with van der Waals surface area (Å²) in [5.41, 5.74) is 12.3. The highest BCUT2D eigenvalue weighted by molar-refractivity contribution is 5.95. The summed E-state index contributed by atoms with van der Waals surface area (Å²) in [4.78, 5) is 26.6. The maximum atomic E-state index is 13.5. The normalized spacial score (nSPS) is 43.8. The van der Waals surface area contributed by atoms with Crippen molar-refractivity contribution in [2.45, 2.75) is 227 Å². The van der Waals surface area contributed by atoms with Crippen LogP contribution >= 0.6 is 0 Å². The summed E-state index contributed by atoms with van der Waals surface area (Å²) in [5.74, 6) is 7.67. The molecule has 8 nitrogen and oxygen atoms in total. The number of amides is 1. The lowest BCUT2D eigenvalue weighted by molar-refractivity contribution is -0.0638. The predicted octanol–water partition coefficient (Wildman–Crippen LogP) is 15.6. The van der Waals surface area contributed by atoms with Gasteiger partial charge in [-0.2, -0.15) is 0 Å². The number of hydrogen-bond donors (Lipinski definition) is 2. The first-order chi connectivity index (χ1) is 38.4. The van der Waals surface area contributed by atoms with Gasteiger partial charge >= 0.3 is 6.09 Å². The van der Waals surface area contributed by atoms with Gasteiger partial charge in [0.1, 0.15) is 6.61 Å². The number of piperidine rings is 2. The Morgan fingerprint density at radius 2 is 1.24 bits per heavy atom. The molecule has 2 N–H and O–H groups in total. The number of carbonyl (C=O) groups is 2. The van der Waals surface area contributed by atoms with Crippen molar-refractivity contribution in [3.8, 4) is 0 Å². The SMILES string of the molecule is CC1=C2C[C@H]3[C@@H](CC=C4C[C@@H](C)CC[C@@]43C)[C@@H]2CC[C@]12O[C@@H]1C[C@H](C)CN(C(=O)OCc3ccccc3)[C@H]1[C@H]2C.CC1=C2C[C@H]3[C@@H](CC=C4C[C@@H](O)CC[C@@]43C)[C@@H]2CC[C@]12O[C@@H]1C[C@H](C)CN[C@H]1[C@H]2C.CCC(=O)c1ccccc1. The molecule has 2 spiro atoms. The van der Waals surface area contributed by atoms with Gasteiger partial charge < -0.3 is 29.5 Å². The Labute approximate surface area is 481 Å². The fourth-order valence-corrected chi connectivity index (χ4v) is 20.5. The molecule has 12 aliphatic rings. The summed E-state index contributed by atoms with van der Waals surface area (Å²) in [6.07, 6.45) is 25.3. The fourth-order valence-electron chi connectivity index (χ4n) is 20.5. The van der Waals surface area contributed by atoms with E-state index in [4.69, 9.17) is 14.2 Å². The number of aliphatic hydroxyl groups is 1. The first-order valence-electron chi connectivity index (χ1n) is 32.5. The summed E-state index contributed by atoms with van der Waals surface area (Å²) in [6.45, 7) is 26.0. The van der Waals surface area contributed by atoms with Crippen LogP contribution in [-0.4, -0.2) is 76.6 Å². The van der Waals surface area contributed by atoms with Crippen LogP contribution in [0.5, 0.6) is 0 Å². The molecule has 2 aromatic carbocycles. The quantitative estimate of drug-likeness (QED) is 0.233. The molecule has 14 rings (SSSR count). The number of Topliss-reactive ketones (excluding diaryl/α,β-unsaturated/α-hetero) is 1. The van der Waals surface area contributed by atoms with Crippen molar-refractivity contribution < 1.29 is 28.9 Å². The van der Waals surface area contributed by atoms with Gasteiger partial charge in [0, 0.05) is 36.4 Å². The number of aliphatic hydroxyl groups excluding tert-OH is 1. The smallest absolute Gasteiger partial charge is 0.410 e. The summed E-state index contributed by atoms with van der Waals surface area (Å²) >= 11 is 0. The molecule has 20 atom stereocenters. The fraction of sp³-hybridized carbons (Fsp3) is 0.694. The van der Waals surface area contributed by atoms with Crippen LogP contribution in [0.1, 0.15) is 194 Å². The Bertz CT molecular complexity index is 2760. The van der Waals surface area contributed by atoms with Crippen molar-refractivity contribution in [3.63, 3.8) is 0 Å². The molecule has 434 valence electrons. The van der Waals surface area contributed by atoms with E-state index in [0.717, 1.165) is 91.3 Å². The standard InChI is InChI=1S/C36H49NO3.C27H41NO2.C9H10O/c1-22-13-15-35(5)27(17-22)11-12-29-28-14-16-36(24(3)30(28)19-31(29)35)25(4)33-32(40-36)18-23(2)20-37(33)34(38)39-21-26-9-7-6-8-10-26;1-15-11-24-25(28-14-15)17(3)27(30-24)10-8-20-21-6-5-18-12-19(29)7-9-26(18,4)23(21)13-22(20)16(27)2;1-2-9(10)8-6-4-3-5-7-8/h6-11,22-23,25,28-29,31-33H,12-21H2,1-5H3;5,15,17,19-21,23-25,28-29H,6-14H2,1-4H3;3-7H,2H2,1H3/t22-,23-,25+,28-,29-,31-,32+,33-,35-,36-;15-,17+,19-,20-,21-,23-,24+,25-,26-,27-;/m00./s1. The van der Waals surface area contributed by atoms with Crippen LogP contribution in [0.25, 0.3) is 0 Å². The minimum Gasteiger partial charge on any atom is -0.445 e. The van der Waals surface area contributed by atoms with Crippen molar-refractivity contribution >= 4 is 11.9 Å². The summed E-state index contributed by atoms with van der Waals surface area (Å²) in [5, 5.41) is 14.1. The van der Waals surface area contributed by atoms with Crippen LogP contribution in [-0.2, 0) is 20.8 Å². The van der Waals surface area contributed by atoms with Gasteiger partial charge in [0.05, 0.1) is 35.6 Å². The third kappa shape index (κ3) is 9.53. The predicted molar refractivity (Wildman–Crippen MR) is 320 cm³/mol. The molecule has 2 aromatic rings. The van der Waals surface area contributed by atoms with E-state index in [0.29, 0.717) is 53.8 Å². The number of allylic oxidation sites excluding steroid dienone is 5. The zero-order valence-electron chi connectivity index (χ0n) is 50.7. The number of nitrogens with one attached hydrogen (secondary N) is 1. The number of nitrogens with zero attached hydrogens (tertiary/aromatic N) is 1. The maximum absolute atomic E-state index is 13.5. The average molecular weight is 1090 g/mol. The molecule has 0 radical (unpaired) electrons. The van der Waals surface area contributed by atoms with E-state index in [1.807, 2.05) is 72.5 Å². The number of benzene rings is 2. The van der Waals surface area contributed by atoms with Gasteiger partial charge in [0.2, 0.25) is 0 Å². The molecular formula is C72H100N2O6. The zero-order chi connectivity index (χ0) is 56.0. The van der Waals surface area contributed by atoms with Crippen molar-refractivity contribution in [3.05, 3.63) is 117 Å². The third-order valence-corrected chi connectivity index (χ3v) is 25.0. The topological polar surface area (TPSA) is 97.3 Å². The molecule has 4 saturated heterocycles. The van der Waals surface area contributed by atoms with Crippen LogP contribution in [0, 0.1) is 75.9 Å². The first kappa shape index (κ1) is 56.7. The highest BCUT2D eigenvalue weighted by Crippen LogP contribution is 2.67. The van der Waals surface area contributed by atoms with Gasteiger partial charge in [-0.25, -0.2) is 4.79 Å². The average Bonchev–Trinajstić information content (AvgIpc) is 4.40. The number of likely N-dealkylation sites (tertiary alicyclic amines) is 1. The lowest BCUT2D eigenvalue weighted by atomic mass is 9.55. The molecule has 8 aliphatic carbocycles. The van der Waals surface area contributed by atoms with Crippen molar-refractivity contribution in [1.29, 1.82) is 0 Å². The second-order valence-corrected chi connectivity index (χ2v) is 29.2. The Hall–Kier alpha value is -3.82. The highest BCUT2D eigenvalue weighted by Gasteiger charge is 2.64. The van der Waals surface area contributed by atoms with Crippen molar-refractivity contribution in [2.75, 3.05) is 13.1 Å². The van der Waals surface area contributed by atoms with E-state index >= 15 is 0 Å². The molecule has 0 unspecified atom stereocenters. The van der Waals surface area contributed by atoms with Crippen LogP contribution in [0.4, 0.5) is 4.79 Å². The third-order valence-electron chi connectivity index (χ3n) is 25.0. The second kappa shape index (κ2) is 22.0. The van der Waals surface area contributed by atoms with Gasteiger partial charge in [0.25, 0.3) is 0 Å². The number of carbonyl (C=O) groups excluding carboxylic acids is 2. The Morgan fingerprint density at radius 1 is 0.675 bits per heavy atom. The molecule has 1 amide bonds. The highest BCUT2D eigenvalue weighted by atomic mass is 16.6. The molecule has 0 aromatic heterocycles. The van der Waals surface area contributed by atoms with E-state index in [9.17, 15) is 14.7 Å². The maximum Gasteiger partial charge on any atom is 0.410 e. The van der Waals surface area contributed by atoms with Crippen molar-refractivity contribution in [1.82, 2.24) is 10.2 Å². The van der Waals surface area contributed by atoms with E-state index < -0.39 is 0 Å². The molecule has 0 bridgehead atoms. The first-order valence-corrected chi connectivity index (χ1v) is 32.5. The zero-order valence-corrected chi connectivity index (χ0v) is 50.7. The van der Waals surface area contributed by atoms with Gasteiger partial charge in [-0.3, -0.25) is 4.79 Å².